The van der Waals surface area contributed by atoms with Gasteiger partial charge in [-0.15, -0.1) is 5.10 Å². The maximum Gasteiger partial charge on any atom is 0.291 e. The van der Waals surface area contributed by atoms with Crippen molar-refractivity contribution in [1.29, 1.82) is 0 Å². The Morgan fingerprint density at radius 2 is 2.00 bits per heavy atom. The highest BCUT2D eigenvalue weighted by molar-refractivity contribution is 6.02. The summed E-state index contributed by atoms with van der Waals surface area (Å²) in [6.45, 7) is 3.52. The van der Waals surface area contributed by atoms with Crippen LogP contribution in [0.5, 0.6) is 5.75 Å². The summed E-state index contributed by atoms with van der Waals surface area (Å²) in [6.07, 6.45) is 1.77. The molecule has 9 nitrogen and oxygen atoms in total. The van der Waals surface area contributed by atoms with Crippen molar-refractivity contribution in [1.82, 2.24) is 20.5 Å². The second-order valence-electron chi connectivity index (χ2n) is 9.12. The highest BCUT2D eigenvalue weighted by Gasteiger charge is 2.32. The zero-order chi connectivity index (χ0) is 24.3. The molecule has 3 N–H and O–H groups in total. The van der Waals surface area contributed by atoms with Crippen molar-refractivity contribution in [2.45, 2.75) is 44.8 Å². The first-order valence-corrected chi connectivity index (χ1v) is 11.2. The molecule has 1 atom stereocenters. The monoisotopic (exact) mass is 463 g/mol. The molecule has 3 aromatic rings. The van der Waals surface area contributed by atoms with Gasteiger partial charge in [-0.3, -0.25) is 14.7 Å². The zero-order valence-corrected chi connectivity index (χ0v) is 19.5. The molecular formula is C25H29N5O4. The van der Waals surface area contributed by atoms with Gasteiger partial charge >= 0.3 is 0 Å². The van der Waals surface area contributed by atoms with Crippen molar-refractivity contribution < 1.29 is 19.4 Å². The number of hydrogen-bond donors (Lipinski definition) is 3. The third-order valence-electron chi connectivity index (χ3n) is 5.70. The van der Waals surface area contributed by atoms with Gasteiger partial charge in [0.2, 0.25) is 5.82 Å². The fourth-order valence-corrected chi connectivity index (χ4v) is 3.74. The lowest BCUT2D eigenvalue weighted by Crippen LogP contribution is -2.49. The van der Waals surface area contributed by atoms with Gasteiger partial charge in [-0.1, -0.05) is 36.4 Å². The first-order valence-electron chi connectivity index (χ1n) is 11.2. The van der Waals surface area contributed by atoms with Crippen LogP contribution >= 0.6 is 0 Å². The van der Waals surface area contributed by atoms with Gasteiger partial charge in [0.15, 0.2) is 0 Å². The summed E-state index contributed by atoms with van der Waals surface area (Å²) in [5.74, 6) is 0.233. The fraction of sp³-hybridized carbons (Fsp3) is 0.360. The average molecular weight is 464 g/mol. The molecule has 0 saturated heterocycles. The number of likely N-dealkylation sites (N-methyl/N-ethyl adjacent to an activating group) is 1. The van der Waals surface area contributed by atoms with Crippen molar-refractivity contribution in [3.8, 4) is 5.75 Å². The van der Waals surface area contributed by atoms with Crippen LogP contribution in [0, 0.1) is 0 Å². The maximum atomic E-state index is 13.1. The van der Waals surface area contributed by atoms with E-state index in [2.05, 4.69) is 20.5 Å². The van der Waals surface area contributed by atoms with Crippen LogP contribution in [-0.4, -0.2) is 57.4 Å². The number of anilines is 1. The van der Waals surface area contributed by atoms with E-state index >= 15 is 0 Å². The van der Waals surface area contributed by atoms with Crippen molar-refractivity contribution in [2.24, 2.45) is 0 Å². The molecule has 4 rings (SSSR count). The van der Waals surface area contributed by atoms with Crippen LogP contribution in [0.15, 0.2) is 48.5 Å². The van der Waals surface area contributed by atoms with Crippen LogP contribution in [0.1, 0.15) is 47.8 Å². The van der Waals surface area contributed by atoms with E-state index in [1.807, 2.05) is 48.5 Å². The highest BCUT2D eigenvalue weighted by Crippen LogP contribution is 2.32. The zero-order valence-electron chi connectivity index (χ0n) is 19.5. The summed E-state index contributed by atoms with van der Waals surface area (Å²) in [5.41, 5.74) is 1.87. The number of aromatic nitrogens is 3. The topological polar surface area (TPSA) is 120 Å². The van der Waals surface area contributed by atoms with Crippen LogP contribution in [0.4, 0.5) is 5.69 Å². The molecule has 1 aromatic heterocycles. The smallest absolute Gasteiger partial charge is 0.291 e. The van der Waals surface area contributed by atoms with Crippen LogP contribution in [0.3, 0.4) is 0 Å². The third-order valence-corrected chi connectivity index (χ3v) is 5.70. The molecule has 1 unspecified atom stereocenters. The van der Waals surface area contributed by atoms with E-state index < -0.39 is 17.6 Å². The van der Waals surface area contributed by atoms with E-state index in [4.69, 9.17) is 4.74 Å². The normalized spacial score (nSPS) is 15.9. The first-order chi connectivity index (χ1) is 16.2. The summed E-state index contributed by atoms with van der Waals surface area (Å²) in [4.78, 5) is 31.6. The molecule has 178 valence electrons. The molecular weight excluding hydrogens is 434 g/mol. The number of benzene rings is 2. The highest BCUT2D eigenvalue weighted by atomic mass is 16.5. The first kappa shape index (κ1) is 23.4. The molecule has 0 saturated carbocycles. The van der Waals surface area contributed by atoms with Gasteiger partial charge in [-0.2, -0.15) is 0 Å². The van der Waals surface area contributed by atoms with Crippen molar-refractivity contribution >= 4 is 17.5 Å². The Labute approximate surface area is 198 Å². The Bertz CT molecular complexity index is 1170. The van der Waals surface area contributed by atoms with E-state index in [1.54, 1.807) is 20.9 Å². The number of ether oxygens (including phenoxy) is 1. The second-order valence-corrected chi connectivity index (χ2v) is 9.12. The summed E-state index contributed by atoms with van der Waals surface area (Å²) in [6, 6.07) is 14.5. The van der Waals surface area contributed by atoms with Gasteiger partial charge in [0.25, 0.3) is 11.8 Å². The molecule has 1 aliphatic heterocycles. The van der Waals surface area contributed by atoms with Gasteiger partial charge in [-0.25, -0.2) is 4.98 Å². The van der Waals surface area contributed by atoms with Crippen LogP contribution in [-0.2, 0) is 17.6 Å². The number of carbonyl (C=O) groups is 2. The Morgan fingerprint density at radius 3 is 2.74 bits per heavy atom. The minimum atomic E-state index is -0.888. The molecule has 0 spiro atoms. The summed E-state index contributed by atoms with van der Waals surface area (Å²) in [7, 11) is 1.65. The number of H-pyrrole nitrogens is 1. The van der Waals surface area contributed by atoms with Gasteiger partial charge in [0.1, 0.15) is 24.2 Å². The number of nitrogens with one attached hydrogen (secondary N) is 2. The van der Waals surface area contributed by atoms with Crippen LogP contribution in [0.25, 0.3) is 0 Å². The van der Waals surface area contributed by atoms with E-state index in [9.17, 15) is 14.7 Å². The molecule has 34 heavy (non-hydrogen) atoms. The quantitative estimate of drug-likeness (QED) is 0.494. The van der Waals surface area contributed by atoms with Crippen LogP contribution in [0.2, 0.25) is 0 Å². The third kappa shape index (κ3) is 5.60. The number of carbonyl (C=O) groups excluding carboxylic acids is 2. The SMILES string of the molecule is CN1C(=O)C(NC(=O)c2n[nH]c(Cc3ccccc3)n2)COc2ccc(CCC(C)(C)O)cc21. The lowest BCUT2D eigenvalue weighted by atomic mass is 9.98. The van der Waals surface area contributed by atoms with Crippen molar-refractivity contribution in [2.75, 3.05) is 18.6 Å². The number of rotatable bonds is 7. The van der Waals surface area contributed by atoms with Crippen molar-refractivity contribution in [3.05, 3.63) is 71.3 Å². The predicted molar refractivity (Wildman–Crippen MR) is 127 cm³/mol. The lowest BCUT2D eigenvalue weighted by molar-refractivity contribution is -0.120. The average Bonchev–Trinajstić information content (AvgIpc) is 3.24. The summed E-state index contributed by atoms with van der Waals surface area (Å²) in [5, 5.41) is 19.5. The van der Waals surface area contributed by atoms with Crippen LogP contribution < -0.4 is 15.0 Å². The van der Waals surface area contributed by atoms with Crippen molar-refractivity contribution in [3.63, 3.8) is 0 Å². The predicted octanol–water partition coefficient (Wildman–Crippen LogP) is 2.25. The molecule has 0 bridgehead atoms. The number of nitrogens with zero attached hydrogens (tertiary/aromatic N) is 3. The number of amides is 2. The molecule has 1 aliphatic rings. The number of hydrogen-bond acceptors (Lipinski definition) is 6. The minimum Gasteiger partial charge on any atom is -0.489 e. The summed E-state index contributed by atoms with van der Waals surface area (Å²) >= 11 is 0. The molecule has 0 aliphatic carbocycles. The Hall–Kier alpha value is -3.72. The molecule has 0 fully saturated rings. The standard InChI is InChI=1S/C25H29N5O4/c1-25(2,33)12-11-17-9-10-20-19(13-17)30(3)24(32)18(15-34-20)26-23(31)22-27-21(28-29-22)14-16-7-5-4-6-8-16/h4-10,13,18,33H,11-12,14-15H2,1-3H3,(H,26,31)(H,27,28,29). The Kier molecular flexibility index (Phi) is 6.65. The lowest BCUT2D eigenvalue weighted by Gasteiger charge is -2.21. The number of aliphatic hydroxyl groups is 1. The van der Waals surface area contributed by atoms with Gasteiger partial charge < -0.3 is 20.1 Å². The van der Waals surface area contributed by atoms with E-state index in [-0.39, 0.29) is 18.3 Å². The second kappa shape index (κ2) is 9.64. The largest absolute Gasteiger partial charge is 0.489 e. The van der Waals surface area contributed by atoms with Gasteiger partial charge in [-0.05, 0) is 49.9 Å². The maximum absolute atomic E-state index is 13.1. The minimum absolute atomic E-state index is 0.00771. The van der Waals surface area contributed by atoms with E-state index in [0.717, 1.165) is 11.1 Å². The number of aromatic amines is 1. The van der Waals surface area contributed by atoms with E-state index in [0.29, 0.717) is 36.5 Å². The fourth-order valence-electron chi connectivity index (χ4n) is 3.74. The van der Waals surface area contributed by atoms with E-state index in [1.165, 1.54) is 4.90 Å². The molecule has 2 heterocycles. The Morgan fingerprint density at radius 1 is 1.24 bits per heavy atom. The molecule has 2 aromatic carbocycles. The molecule has 2 amide bonds. The van der Waals surface area contributed by atoms with Gasteiger partial charge in [0, 0.05) is 13.5 Å². The molecule has 9 heteroatoms. The summed E-state index contributed by atoms with van der Waals surface area (Å²) < 4.78 is 5.85. The van der Waals surface area contributed by atoms with Gasteiger partial charge in [0.05, 0.1) is 11.3 Å². The number of fused-ring (bicyclic) bond motifs is 1. The Balaban J connectivity index is 1.42. The molecule has 0 radical (unpaired) electrons. The number of aryl methyl sites for hydroxylation is 1.